The SMILES string of the molecule is O=C(NCCC(=O)N1Cc2ccccc2-c2nnn([C@H]3C(O)O[C@H](CO)[C@@H](O)[C@@H]3O)c2-c2ccccc21)c1ccc([18F])cc1. The van der Waals surface area contributed by atoms with Crippen molar-refractivity contribution >= 4 is 17.5 Å². The van der Waals surface area contributed by atoms with Crippen molar-refractivity contribution in [3.05, 3.63) is 89.7 Å². The number of nitrogens with one attached hydrogen (secondary N) is 1. The summed E-state index contributed by atoms with van der Waals surface area (Å²) in [6, 6.07) is 18.2. The highest BCUT2D eigenvalue weighted by atomic mass is 18.2. The van der Waals surface area contributed by atoms with E-state index in [4.69, 9.17) is 4.74 Å². The topological polar surface area (TPSA) is 170 Å². The van der Waals surface area contributed by atoms with Crippen LogP contribution in [0.1, 0.15) is 28.4 Å². The van der Waals surface area contributed by atoms with Gasteiger partial charge >= 0.3 is 0 Å². The average molecular weight is 603 g/mol. The number of carbonyl (C=O) groups is 2. The van der Waals surface area contributed by atoms with E-state index in [2.05, 4.69) is 15.6 Å². The second-order valence-electron chi connectivity index (χ2n) is 10.6. The highest BCUT2D eigenvalue weighted by Crippen LogP contribution is 2.43. The molecule has 12 nitrogen and oxygen atoms in total. The van der Waals surface area contributed by atoms with E-state index in [1.54, 1.807) is 29.2 Å². The number of hydrogen-bond donors (Lipinski definition) is 5. The van der Waals surface area contributed by atoms with Crippen LogP contribution in [0, 0.1) is 5.82 Å². The van der Waals surface area contributed by atoms with E-state index in [0.29, 0.717) is 28.2 Å². The zero-order valence-electron chi connectivity index (χ0n) is 23.3. The highest BCUT2D eigenvalue weighted by molar-refractivity contribution is 6.00. The number of ether oxygens (including phenoxy) is 1. The van der Waals surface area contributed by atoms with Crippen molar-refractivity contribution in [2.45, 2.75) is 43.6 Å². The molecule has 2 aliphatic heterocycles. The Balaban J connectivity index is 1.37. The number of aliphatic hydroxyl groups is 4. The van der Waals surface area contributed by atoms with Gasteiger partial charge in [0.2, 0.25) is 5.91 Å². The number of fused-ring (bicyclic) bond motifs is 5. The van der Waals surface area contributed by atoms with Gasteiger partial charge in [0.25, 0.3) is 5.91 Å². The molecule has 3 heterocycles. The molecule has 0 aliphatic carbocycles. The predicted molar refractivity (Wildman–Crippen MR) is 154 cm³/mol. The summed E-state index contributed by atoms with van der Waals surface area (Å²) < 4.78 is 19.9. The van der Waals surface area contributed by atoms with Gasteiger partial charge in [-0.2, -0.15) is 0 Å². The van der Waals surface area contributed by atoms with Gasteiger partial charge in [-0.3, -0.25) is 9.59 Å². The lowest BCUT2D eigenvalue weighted by Gasteiger charge is -2.40. The predicted octanol–water partition coefficient (Wildman–Crippen LogP) is 1.39. The third kappa shape index (κ3) is 5.36. The molecule has 0 spiro atoms. The Bertz CT molecular complexity index is 1680. The molecular formula is C31H30FN5O7. The van der Waals surface area contributed by atoms with E-state index in [9.17, 15) is 34.4 Å². The molecule has 44 heavy (non-hydrogen) atoms. The van der Waals surface area contributed by atoms with Gasteiger partial charge in [-0.25, -0.2) is 9.07 Å². The molecule has 6 rings (SSSR count). The first kappa shape index (κ1) is 29.5. The number of para-hydroxylation sites is 1. The third-order valence-corrected chi connectivity index (χ3v) is 7.93. The second-order valence-corrected chi connectivity index (χ2v) is 10.6. The molecule has 1 fully saturated rings. The van der Waals surface area contributed by atoms with Crippen molar-refractivity contribution < 1.29 is 39.1 Å². The lowest BCUT2D eigenvalue weighted by atomic mass is 9.93. The number of hydrogen-bond acceptors (Lipinski definition) is 9. The number of anilines is 1. The number of aromatic nitrogens is 3. The number of benzene rings is 3. The summed E-state index contributed by atoms with van der Waals surface area (Å²) in [5, 5.41) is 53.4. The molecular weight excluding hydrogens is 572 g/mol. The van der Waals surface area contributed by atoms with Crippen molar-refractivity contribution in [1.29, 1.82) is 0 Å². The Morgan fingerprint density at radius 1 is 0.955 bits per heavy atom. The minimum absolute atomic E-state index is 0.0296. The minimum Gasteiger partial charge on any atom is -0.394 e. The van der Waals surface area contributed by atoms with Crippen LogP contribution in [0.25, 0.3) is 22.5 Å². The van der Waals surface area contributed by atoms with E-state index in [1.165, 1.54) is 28.9 Å². The van der Waals surface area contributed by atoms with Crippen LogP contribution in [-0.2, 0) is 16.1 Å². The van der Waals surface area contributed by atoms with E-state index >= 15 is 0 Å². The van der Waals surface area contributed by atoms with Gasteiger partial charge in [0.05, 0.1) is 24.5 Å². The number of carbonyl (C=O) groups excluding carboxylic acids is 2. The lowest BCUT2D eigenvalue weighted by molar-refractivity contribution is -0.265. The fourth-order valence-corrected chi connectivity index (χ4v) is 5.68. The summed E-state index contributed by atoms with van der Waals surface area (Å²) in [6.07, 6.45) is -5.99. The molecule has 13 heteroatoms. The molecule has 4 aromatic rings. The van der Waals surface area contributed by atoms with Crippen LogP contribution >= 0.6 is 0 Å². The van der Waals surface area contributed by atoms with Gasteiger partial charge in [-0.15, -0.1) is 5.10 Å². The lowest BCUT2D eigenvalue weighted by Crippen LogP contribution is -2.56. The van der Waals surface area contributed by atoms with Gasteiger partial charge in [0.1, 0.15) is 35.9 Å². The largest absolute Gasteiger partial charge is 0.394 e. The molecule has 2 aliphatic rings. The zero-order chi connectivity index (χ0) is 31.0. The van der Waals surface area contributed by atoms with Crippen molar-refractivity contribution in [2.75, 3.05) is 18.1 Å². The Labute approximate surface area is 250 Å². The normalized spacial score (nSPS) is 22.7. The molecule has 228 valence electrons. The first-order valence-corrected chi connectivity index (χ1v) is 14.1. The van der Waals surface area contributed by atoms with Gasteiger partial charge in [-0.05, 0) is 35.9 Å². The van der Waals surface area contributed by atoms with Crippen LogP contribution in [0.3, 0.4) is 0 Å². The van der Waals surface area contributed by atoms with Crippen LogP contribution < -0.4 is 10.2 Å². The first-order valence-electron chi connectivity index (χ1n) is 14.1. The van der Waals surface area contributed by atoms with Crippen LogP contribution in [-0.4, -0.2) is 85.0 Å². The van der Waals surface area contributed by atoms with Gasteiger partial charge in [0.15, 0.2) is 6.29 Å². The Hall–Kier alpha value is -4.53. The van der Waals surface area contributed by atoms with Crippen LogP contribution in [0.15, 0.2) is 72.8 Å². The minimum atomic E-state index is -1.65. The Morgan fingerprint density at radius 3 is 2.41 bits per heavy atom. The monoisotopic (exact) mass is 602 g/mol. The van der Waals surface area contributed by atoms with Gasteiger partial charge < -0.3 is 35.4 Å². The smallest absolute Gasteiger partial charge is 0.251 e. The molecule has 0 bridgehead atoms. The number of halogens is 1. The summed E-state index contributed by atoms with van der Waals surface area (Å²) >= 11 is 0. The molecule has 5 N–H and O–H groups in total. The van der Waals surface area contributed by atoms with E-state index in [-0.39, 0.29) is 31.0 Å². The number of rotatable bonds is 6. The van der Waals surface area contributed by atoms with Crippen LogP contribution in [0.2, 0.25) is 0 Å². The molecule has 3 aromatic carbocycles. The Kier molecular flexibility index (Phi) is 8.21. The molecule has 1 aromatic heterocycles. The first-order chi connectivity index (χ1) is 21.3. The maximum atomic E-state index is 13.8. The molecule has 2 amide bonds. The number of amides is 2. The summed E-state index contributed by atoms with van der Waals surface area (Å²) in [4.78, 5) is 27.9. The van der Waals surface area contributed by atoms with Crippen molar-refractivity contribution in [3.63, 3.8) is 0 Å². The summed E-state index contributed by atoms with van der Waals surface area (Å²) in [5.41, 5.74) is 3.51. The quantitative estimate of drug-likeness (QED) is 0.219. The average Bonchev–Trinajstić information content (AvgIpc) is 3.45. The Morgan fingerprint density at radius 2 is 1.66 bits per heavy atom. The zero-order valence-corrected chi connectivity index (χ0v) is 23.3. The fraction of sp³-hybridized carbons (Fsp3) is 0.290. The molecule has 1 unspecified atom stereocenters. The standard InChI is InChI=1S/C31H30FN5O7/c32-19-11-9-17(10-12-19)30(42)33-14-13-24(39)36-15-18-5-1-2-6-20(18)25-26(21-7-3-4-8-22(21)36)37(35-34-25)27-29(41)28(40)23(16-38)44-31(27)43/h1-12,23,27-29,31,38,40-41,43H,13-16H2,(H,33,42)/t23-,27-,28-,29-,31?/m1/s1/i32-1. The van der Waals surface area contributed by atoms with Crippen LogP contribution in [0.4, 0.5) is 10.1 Å². The maximum absolute atomic E-state index is 13.8. The summed E-state index contributed by atoms with van der Waals surface area (Å²) in [6.45, 7) is -0.407. The van der Waals surface area contributed by atoms with Gasteiger partial charge in [0, 0.05) is 29.7 Å². The molecule has 1 saturated heterocycles. The summed E-state index contributed by atoms with van der Waals surface area (Å²) in [7, 11) is 0. The van der Waals surface area contributed by atoms with Crippen molar-refractivity contribution in [1.82, 2.24) is 20.3 Å². The third-order valence-electron chi connectivity index (χ3n) is 7.93. The summed E-state index contributed by atoms with van der Waals surface area (Å²) in [5.74, 6) is -1.19. The van der Waals surface area contributed by atoms with Crippen molar-refractivity contribution in [2.24, 2.45) is 0 Å². The van der Waals surface area contributed by atoms with E-state index in [1.807, 2.05) is 24.3 Å². The van der Waals surface area contributed by atoms with Crippen LogP contribution in [0.5, 0.6) is 0 Å². The van der Waals surface area contributed by atoms with Gasteiger partial charge in [-0.1, -0.05) is 47.7 Å². The second kappa shape index (κ2) is 12.2. The molecule has 0 radical (unpaired) electrons. The fourth-order valence-electron chi connectivity index (χ4n) is 5.68. The van der Waals surface area contributed by atoms with E-state index < -0.39 is 49.0 Å². The van der Waals surface area contributed by atoms with E-state index in [0.717, 1.165) is 5.56 Å². The number of nitrogens with zero attached hydrogens (tertiary/aromatic N) is 4. The molecule has 5 atom stereocenters. The maximum Gasteiger partial charge on any atom is 0.251 e. The highest BCUT2D eigenvalue weighted by Gasteiger charge is 2.47. The molecule has 0 saturated carbocycles. The number of aliphatic hydroxyl groups excluding tert-OH is 4. The van der Waals surface area contributed by atoms with Crippen molar-refractivity contribution in [3.8, 4) is 22.5 Å².